The average Bonchev–Trinajstić information content (AvgIpc) is 2.42. The van der Waals surface area contributed by atoms with Crippen molar-refractivity contribution in [1.82, 2.24) is 0 Å². The Morgan fingerprint density at radius 1 is 0.941 bits per heavy atom. The molecule has 0 saturated carbocycles. The summed E-state index contributed by atoms with van der Waals surface area (Å²) in [4.78, 5) is 0. The summed E-state index contributed by atoms with van der Waals surface area (Å²) in [5.41, 5.74) is 5.47. The zero-order valence-corrected chi connectivity index (χ0v) is 11.3. The van der Waals surface area contributed by atoms with Gasteiger partial charge in [-0.05, 0) is 34.1 Å². The number of allylic oxidation sites excluding steroid dienone is 6. The smallest absolute Gasteiger partial charge is 0.0135 e. The summed E-state index contributed by atoms with van der Waals surface area (Å²) in [6.45, 7) is 8.49. The number of hydrogen-bond acceptors (Lipinski definition) is 0. The van der Waals surface area contributed by atoms with Gasteiger partial charge in [0.25, 0.3) is 0 Å². The molecule has 1 aromatic rings. The molecule has 1 aromatic carbocycles. The number of aryl methyl sites for hydroxylation is 2. The van der Waals surface area contributed by atoms with E-state index < -0.39 is 0 Å². The summed E-state index contributed by atoms with van der Waals surface area (Å²) in [5, 5.41) is 0. The molecule has 0 saturated heterocycles. The van der Waals surface area contributed by atoms with Crippen molar-refractivity contribution in [3.8, 4) is 0 Å². The van der Waals surface area contributed by atoms with Crippen LogP contribution in [0.3, 0.4) is 0 Å². The summed E-state index contributed by atoms with van der Waals surface area (Å²) in [6, 6.07) is 8.45. The van der Waals surface area contributed by atoms with Gasteiger partial charge in [-0.15, -0.1) is 0 Å². The monoisotopic (exact) mass is 226 g/mol. The van der Waals surface area contributed by atoms with Gasteiger partial charge >= 0.3 is 0 Å². The summed E-state index contributed by atoms with van der Waals surface area (Å²) in [7, 11) is 0. The lowest BCUT2D eigenvalue weighted by Gasteiger charge is -1.91. The van der Waals surface area contributed by atoms with Crippen molar-refractivity contribution in [1.29, 1.82) is 0 Å². The Morgan fingerprint density at radius 3 is 2.12 bits per heavy atom. The SMILES string of the molecule is CC1=CC=CCC(C)=C1.Cc1cccc(C)c1. The topological polar surface area (TPSA) is 0 Å². The number of benzene rings is 1. The first-order chi connectivity index (χ1) is 8.08. The van der Waals surface area contributed by atoms with Gasteiger partial charge in [-0.3, -0.25) is 0 Å². The van der Waals surface area contributed by atoms with Gasteiger partial charge < -0.3 is 0 Å². The molecule has 1 aliphatic carbocycles. The van der Waals surface area contributed by atoms with E-state index in [1.165, 1.54) is 22.3 Å². The van der Waals surface area contributed by atoms with Gasteiger partial charge in [0.05, 0.1) is 0 Å². The third-order valence-electron chi connectivity index (χ3n) is 2.58. The second kappa shape index (κ2) is 6.90. The maximum Gasteiger partial charge on any atom is -0.0135 e. The molecule has 0 N–H and O–H groups in total. The van der Waals surface area contributed by atoms with Gasteiger partial charge in [0, 0.05) is 0 Å². The molecule has 17 heavy (non-hydrogen) atoms. The zero-order valence-electron chi connectivity index (χ0n) is 11.3. The molecule has 0 aromatic heterocycles. The Bertz CT molecular complexity index is 428. The Labute approximate surface area is 105 Å². The zero-order chi connectivity index (χ0) is 12.7. The van der Waals surface area contributed by atoms with Crippen LogP contribution in [0.5, 0.6) is 0 Å². The van der Waals surface area contributed by atoms with Crippen molar-refractivity contribution in [2.75, 3.05) is 0 Å². The van der Waals surface area contributed by atoms with Gasteiger partial charge in [0.15, 0.2) is 0 Å². The minimum atomic E-state index is 1.10. The van der Waals surface area contributed by atoms with Crippen LogP contribution >= 0.6 is 0 Å². The van der Waals surface area contributed by atoms with Crippen molar-refractivity contribution in [3.63, 3.8) is 0 Å². The van der Waals surface area contributed by atoms with E-state index in [-0.39, 0.29) is 0 Å². The van der Waals surface area contributed by atoms with E-state index in [1.807, 2.05) is 0 Å². The lowest BCUT2D eigenvalue weighted by molar-refractivity contribution is 1.21. The fourth-order valence-electron chi connectivity index (χ4n) is 1.78. The molecule has 0 spiro atoms. The van der Waals surface area contributed by atoms with Crippen LogP contribution in [0, 0.1) is 13.8 Å². The Morgan fingerprint density at radius 2 is 1.59 bits per heavy atom. The van der Waals surface area contributed by atoms with E-state index in [0.717, 1.165) is 6.42 Å². The number of hydrogen-bond donors (Lipinski definition) is 0. The quantitative estimate of drug-likeness (QED) is 0.574. The molecule has 0 bridgehead atoms. The molecular weight excluding hydrogens is 204 g/mol. The Hall–Kier alpha value is -1.56. The van der Waals surface area contributed by atoms with Gasteiger partial charge in [0.1, 0.15) is 0 Å². The van der Waals surface area contributed by atoms with Gasteiger partial charge in [-0.1, -0.05) is 70.8 Å². The molecule has 0 heterocycles. The molecule has 0 fully saturated rings. The molecule has 0 aliphatic heterocycles. The maximum absolute atomic E-state index is 2.22. The highest BCUT2D eigenvalue weighted by Crippen LogP contribution is 2.09. The van der Waals surface area contributed by atoms with E-state index in [4.69, 9.17) is 0 Å². The van der Waals surface area contributed by atoms with E-state index in [2.05, 4.69) is 76.3 Å². The molecular formula is C17H22. The lowest BCUT2D eigenvalue weighted by Crippen LogP contribution is -1.71. The van der Waals surface area contributed by atoms with Crippen molar-refractivity contribution >= 4 is 0 Å². The second-order valence-electron chi connectivity index (χ2n) is 4.69. The van der Waals surface area contributed by atoms with E-state index >= 15 is 0 Å². The first-order valence-corrected chi connectivity index (χ1v) is 6.12. The van der Waals surface area contributed by atoms with Crippen molar-refractivity contribution < 1.29 is 0 Å². The summed E-state index contributed by atoms with van der Waals surface area (Å²) >= 11 is 0. The normalized spacial score (nSPS) is 14.1. The predicted octanol–water partition coefficient (Wildman–Crippen LogP) is 5.14. The van der Waals surface area contributed by atoms with Crippen molar-refractivity contribution in [3.05, 3.63) is 70.8 Å². The van der Waals surface area contributed by atoms with Crippen LogP contribution in [-0.4, -0.2) is 0 Å². The second-order valence-corrected chi connectivity index (χ2v) is 4.69. The lowest BCUT2D eigenvalue weighted by atomic mass is 10.2. The summed E-state index contributed by atoms with van der Waals surface area (Å²) < 4.78 is 0. The number of rotatable bonds is 0. The maximum atomic E-state index is 2.22. The molecule has 2 rings (SSSR count). The molecule has 0 radical (unpaired) electrons. The highest BCUT2D eigenvalue weighted by molar-refractivity contribution is 5.29. The van der Waals surface area contributed by atoms with Gasteiger partial charge in [-0.2, -0.15) is 0 Å². The van der Waals surface area contributed by atoms with E-state index in [1.54, 1.807) is 0 Å². The van der Waals surface area contributed by atoms with Crippen LogP contribution in [0.25, 0.3) is 0 Å². The van der Waals surface area contributed by atoms with Crippen LogP contribution in [0.15, 0.2) is 59.7 Å². The first-order valence-electron chi connectivity index (χ1n) is 6.12. The largest absolute Gasteiger partial charge is 0.0805 e. The third-order valence-corrected chi connectivity index (χ3v) is 2.58. The average molecular weight is 226 g/mol. The van der Waals surface area contributed by atoms with Crippen LogP contribution in [0.4, 0.5) is 0 Å². The predicted molar refractivity (Wildman–Crippen MR) is 77.2 cm³/mol. The summed E-state index contributed by atoms with van der Waals surface area (Å²) in [6.07, 6.45) is 9.76. The van der Waals surface area contributed by atoms with Gasteiger partial charge in [0.2, 0.25) is 0 Å². The first kappa shape index (κ1) is 13.5. The molecule has 1 aliphatic rings. The Kier molecular flexibility index (Phi) is 5.48. The Balaban J connectivity index is 0.000000171. The highest BCUT2D eigenvalue weighted by atomic mass is 14.0. The highest BCUT2D eigenvalue weighted by Gasteiger charge is 1.89. The van der Waals surface area contributed by atoms with Crippen LogP contribution in [-0.2, 0) is 0 Å². The molecule has 0 nitrogen and oxygen atoms in total. The van der Waals surface area contributed by atoms with Crippen LogP contribution < -0.4 is 0 Å². The fraction of sp³-hybridized carbons (Fsp3) is 0.294. The third kappa shape index (κ3) is 5.91. The molecule has 90 valence electrons. The van der Waals surface area contributed by atoms with Crippen molar-refractivity contribution in [2.45, 2.75) is 34.1 Å². The molecule has 0 heteroatoms. The summed E-state index contributed by atoms with van der Waals surface area (Å²) in [5.74, 6) is 0. The molecule has 0 unspecified atom stereocenters. The van der Waals surface area contributed by atoms with Crippen LogP contribution in [0.2, 0.25) is 0 Å². The molecule has 0 atom stereocenters. The molecule has 0 amide bonds. The van der Waals surface area contributed by atoms with E-state index in [0.29, 0.717) is 0 Å². The van der Waals surface area contributed by atoms with Crippen molar-refractivity contribution in [2.24, 2.45) is 0 Å². The van der Waals surface area contributed by atoms with Gasteiger partial charge in [-0.25, -0.2) is 0 Å². The minimum absolute atomic E-state index is 1.10. The standard InChI is InChI=1S/C9H12.C8H10/c1-8-5-3-4-6-9(2)7-8;1-7-4-3-5-8(2)6-7/h3-5,7H,6H2,1-2H3;3-6H,1-2H3. The van der Waals surface area contributed by atoms with Crippen LogP contribution in [0.1, 0.15) is 31.4 Å². The minimum Gasteiger partial charge on any atom is -0.0805 e. The fourth-order valence-corrected chi connectivity index (χ4v) is 1.78. The van der Waals surface area contributed by atoms with E-state index in [9.17, 15) is 0 Å².